The SMILES string of the molecule is Cc1cn(-c2ccc(Nc3ccc(C)c(Nc4cccc(S(=O)(=O)NC(C)(C)C)c4)n3)cc2)cn1. The fraction of sp³-hybridized carbons (Fsp3) is 0.231. The number of sulfonamides is 1. The minimum atomic E-state index is -3.64. The third kappa shape index (κ3) is 6.26. The molecule has 0 saturated heterocycles. The van der Waals surface area contributed by atoms with Crippen molar-refractivity contribution in [3.05, 3.63) is 84.4 Å². The quantitative estimate of drug-likeness (QED) is 0.319. The molecule has 4 rings (SSSR count). The van der Waals surface area contributed by atoms with Gasteiger partial charge in [-0.25, -0.2) is 23.1 Å². The van der Waals surface area contributed by atoms with Crippen LogP contribution in [0.25, 0.3) is 5.69 Å². The van der Waals surface area contributed by atoms with Crippen molar-refractivity contribution in [3.63, 3.8) is 0 Å². The second-order valence-corrected chi connectivity index (χ2v) is 11.1. The second kappa shape index (κ2) is 9.52. The molecule has 2 heterocycles. The van der Waals surface area contributed by atoms with Gasteiger partial charge < -0.3 is 15.2 Å². The maximum Gasteiger partial charge on any atom is 0.241 e. The third-order valence-electron chi connectivity index (χ3n) is 5.09. The summed E-state index contributed by atoms with van der Waals surface area (Å²) in [4.78, 5) is 9.15. The molecule has 9 heteroatoms. The summed E-state index contributed by atoms with van der Waals surface area (Å²) in [6.07, 6.45) is 3.76. The fourth-order valence-corrected chi connectivity index (χ4v) is 4.96. The Hall–Kier alpha value is -3.69. The van der Waals surface area contributed by atoms with Gasteiger partial charge in [-0.15, -0.1) is 0 Å². The highest BCUT2D eigenvalue weighted by atomic mass is 32.2. The van der Waals surface area contributed by atoms with Crippen LogP contribution in [0.5, 0.6) is 0 Å². The molecule has 2 aromatic carbocycles. The zero-order chi connectivity index (χ0) is 25.2. The molecule has 0 unspecified atom stereocenters. The largest absolute Gasteiger partial charge is 0.340 e. The Balaban J connectivity index is 1.51. The fourth-order valence-electron chi connectivity index (χ4n) is 3.49. The maximum absolute atomic E-state index is 12.7. The average Bonchev–Trinajstić information content (AvgIpc) is 3.21. The van der Waals surface area contributed by atoms with E-state index in [0.717, 1.165) is 22.6 Å². The van der Waals surface area contributed by atoms with Gasteiger partial charge in [0, 0.05) is 28.8 Å². The van der Waals surface area contributed by atoms with E-state index >= 15 is 0 Å². The van der Waals surface area contributed by atoms with E-state index in [0.29, 0.717) is 17.3 Å². The summed E-state index contributed by atoms with van der Waals surface area (Å²) in [7, 11) is -3.64. The van der Waals surface area contributed by atoms with Gasteiger partial charge in [0.2, 0.25) is 10.0 Å². The van der Waals surface area contributed by atoms with E-state index in [9.17, 15) is 8.42 Å². The molecule has 0 atom stereocenters. The van der Waals surface area contributed by atoms with Crippen molar-refractivity contribution in [2.75, 3.05) is 10.6 Å². The van der Waals surface area contributed by atoms with Crippen molar-refractivity contribution in [3.8, 4) is 5.69 Å². The summed E-state index contributed by atoms with van der Waals surface area (Å²) in [5.41, 5.74) is 3.87. The Kier molecular flexibility index (Phi) is 6.64. The number of nitrogens with one attached hydrogen (secondary N) is 3. The van der Waals surface area contributed by atoms with Gasteiger partial charge in [0.1, 0.15) is 11.6 Å². The van der Waals surface area contributed by atoms with Gasteiger partial charge in [-0.1, -0.05) is 12.1 Å². The molecule has 8 nitrogen and oxygen atoms in total. The topological polar surface area (TPSA) is 101 Å². The number of hydrogen-bond acceptors (Lipinski definition) is 6. The highest BCUT2D eigenvalue weighted by Crippen LogP contribution is 2.25. The number of imidazole rings is 1. The summed E-state index contributed by atoms with van der Waals surface area (Å²) in [6.45, 7) is 9.34. The molecule has 0 aliphatic carbocycles. The Morgan fingerprint density at radius 2 is 1.63 bits per heavy atom. The summed E-state index contributed by atoms with van der Waals surface area (Å²) in [5.74, 6) is 1.31. The van der Waals surface area contributed by atoms with E-state index in [-0.39, 0.29) is 4.90 Å². The Morgan fingerprint density at radius 1 is 0.886 bits per heavy atom. The highest BCUT2D eigenvalue weighted by molar-refractivity contribution is 7.89. The van der Waals surface area contributed by atoms with Crippen LogP contribution in [0.3, 0.4) is 0 Å². The molecule has 0 saturated carbocycles. The molecule has 0 bridgehead atoms. The van der Waals surface area contributed by atoms with Gasteiger partial charge in [-0.2, -0.15) is 0 Å². The molecule has 0 amide bonds. The number of benzene rings is 2. The lowest BCUT2D eigenvalue weighted by atomic mass is 10.1. The van der Waals surface area contributed by atoms with E-state index in [2.05, 4.69) is 20.3 Å². The molecule has 4 aromatic rings. The number of rotatable bonds is 7. The van der Waals surface area contributed by atoms with Crippen LogP contribution >= 0.6 is 0 Å². The van der Waals surface area contributed by atoms with Gasteiger partial charge in [0.25, 0.3) is 0 Å². The standard InChI is InChI=1S/C26H30N6O2S/c1-18-9-14-24(28-20-10-12-22(13-11-20)32-16-19(2)27-17-32)30-25(18)29-21-7-6-8-23(15-21)35(33,34)31-26(3,4)5/h6-17,31H,1-5H3,(H2,28,29,30). The van der Waals surface area contributed by atoms with Crippen LogP contribution in [-0.4, -0.2) is 28.5 Å². The van der Waals surface area contributed by atoms with Crippen molar-refractivity contribution < 1.29 is 8.42 Å². The van der Waals surface area contributed by atoms with E-state index < -0.39 is 15.6 Å². The van der Waals surface area contributed by atoms with Crippen LogP contribution in [0.15, 0.2) is 78.1 Å². The Labute approximate surface area is 206 Å². The number of pyridine rings is 1. The molecule has 2 aromatic heterocycles. The van der Waals surface area contributed by atoms with Gasteiger partial charge in [0.15, 0.2) is 0 Å². The molecule has 0 aliphatic heterocycles. The summed E-state index contributed by atoms with van der Waals surface area (Å²) >= 11 is 0. The minimum Gasteiger partial charge on any atom is -0.340 e. The molecule has 35 heavy (non-hydrogen) atoms. The zero-order valence-corrected chi connectivity index (χ0v) is 21.3. The van der Waals surface area contributed by atoms with Gasteiger partial charge >= 0.3 is 0 Å². The number of nitrogens with zero attached hydrogens (tertiary/aromatic N) is 3. The first-order chi connectivity index (χ1) is 16.5. The van der Waals surface area contributed by atoms with E-state index in [1.54, 1.807) is 24.5 Å². The molecule has 0 radical (unpaired) electrons. The van der Waals surface area contributed by atoms with Crippen molar-refractivity contribution in [1.29, 1.82) is 0 Å². The van der Waals surface area contributed by atoms with Crippen LogP contribution in [0.4, 0.5) is 23.0 Å². The smallest absolute Gasteiger partial charge is 0.241 e. The normalized spacial score (nSPS) is 11.9. The molecular weight excluding hydrogens is 460 g/mol. The lowest BCUT2D eigenvalue weighted by Gasteiger charge is -2.20. The summed E-state index contributed by atoms with van der Waals surface area (Å²) < 4.78 is 30.1. The van der Waals surface area contributed by atoms with Gasteiger partial charge in [-0.3, -0.25) is 0 Å². The van der Waals surface area contributed by atoms with E-state index in [1.807, 2.05) is 87.8 Å². The van der Waals surface area contributed by atoms with Gasteiger partial charge in [0.05, 0.1) is 16.9 Å². The first kappa shape index (κ1) is 24.4. The predicted octanol–water partition coefficient (Wildman–Crippen LogP) is 5.45. The number of hydrogen-bond donors (Lipinski definition) is 3. The Bertz CT molecular complexity index is 1440. The monoisotopic (exact) mass is 490 g/mol. The minimum absolute atomic E-state index is 0.192. The van der Waals surface area contributed by atoms with E-state index in [4.69, 9.17) is 4.98 Å². The zero-order valence-electron chi connectivity index (χ0n) is 20.5. The first-order valence-corrected chi connectivity index (χ1v) is 12.7. The van der Waals surface area contributed by atoms with Crippen LogP contribution < -0.4 is 15.4 Å². The molecule has 3 N–H and O–H groups in total. The van der Waals surface area contributed by atoms with Crippen molar-refractivity contribution >= 4 is 33.0 Å². The average molecular weight is 491 g/mol. The van der Waals surface area contributed by atoms with E-state index in [1.165, 1.54) is 0 Å². The van der Waals surface area contributed by atoms with Crippen LogP contribution in [0, 0.1) is 13.8 Å². The molecule has 0 fully saturated rings. The number of aryl methyl sites for hydroxylation is 2. The predicted molar refractivity (Wildman–Crippen MR) is 140 cm³/mol. The summed E-state index contributed by atoms with van der Waals surface area (Å²) in [6, 6.07) is 18.5. The highest BCUT2D eigenvalue weighted by Gasteiger charge is 2.22. The van der Waals surface area contributed by atoms with Crippen LogP contribution in [-0.2, 0) is 10.0 Å². The third-order valence-corrected chi connectivity index (χ3v) is 6.85. The van der Waals surface area contributed by atoms with Crippen molar-refractivity contribution in [2.24, 2.45) is 0 Å². The lowest BCUT2D eigenvalue weighted by Crippen LogP contribution is -2.40. The van der Waals surface area contributed by atoms with Crippen molar-refractivity contribution in [1.82, 2.24) is 19.3 Å². The maximum atomic E-state index is 12.7. The van der Waals surface area contributed by atoms with Crippen LogP contribution in [0.2, 0.25) is 0 Å². The molecule has 0 aliphatic rings. The summed E-state index contributed by atoms with van der Waals surface area (Å²) in [5, 5.41) is 6.57. The number of anilines is 4. The number of aromatic nitrogens is 3. The van der Waals surface area contributed by atoms with Gasteiger partial charge in [-0.05, 0) is 88.7 Å². The molecule has 0 spiro atoms. The second-order valence-electron chi connectivity index (χ2n) is 9.46. The molecule has 182 valence electrons. The Morgan fingerprint density at radius 3 is 2.29 bits per heavy atom. The first-order valence-electron chi connectivity index (χ1n) is 11.3. The van der Waals surface area contributed by atoms with Crippen molar-refractivity contribution in [2.45, 2.75) is 45.1 Å². The van der Waals surface area contributed by atoms with Crippen LogP contribution in [0.1, 0.15) is 32.0 Å². The lowest BCUT2D eigenvalue weighted by molar-refractivity contribution is 0.491. The molecular formula is C26H30N6O2S.